The van der Waals surface area contributed by atoms with Gasteiger partial charge >= 0.3 is 18.2 Å². The van der Waals surface area contributed by atoms with E-state index in [2.05, 4.69) is 15.3 Å². The Labute approximate surface area is 237 Å². The van der Waals surface area contributed by atoms with Crippen molar-refractivity contribution in [3.63, 3.8) is 0 Å². The van der Waals surface area contributed by atoms with Gasteiger partial charge in [-0.25, -0.2) is 24.4 Å². The van der Waals surface area contributed by atoms with Gasteiger partial charge in [0.25, 0.3) is 0 Å². The highest BCUT2D eigenvalue weighted by Gasteiger charge is 2.36. The minimum Gasteiger partial charge on any atom is -0.443 e. The van der Waals surface area contributed by atoms with E-state index in [-0.39, 0.29) is 23.2 Å². The summed E-state index contributed by atoms with van der Waals surface area (Å²) in [5.74, 6) is -1.86. The van der Waals surface area contributed by atoms with Crippen LogP contribution in [0.3, 0.4) is 0 Å². The van der Waals surface area contributed by atoms with Crippen molar-refractivity contribution in [3.8, 4) is 0 Å². The number of aryl methyl sites for hydroxylation is 1. The molecule has 3 rings (SSSR count). The molecule has 1 atom stereocenters. The van der Waals surface area contributed by atoms with E-state index in [4.69, 9.17) is 9.47 Å². The Morgan fingerprint density at radius 2 is 1.60 bits per heavy atom. The SMILES string of the molecule is CN(C)C(=O)Nc1nc2c(s1)C(=O)C(C(=O)c1ccc(N(C(=O)OC(C)(C)C)C(=O)OC(C)(C)C)nc1)CCC2. The van der Waals surface area contributed by atoms with E-state index in [0.29, 0.717) is 39.9 Å². The summed E-state index contributed by atoms with van der Waals surface area (Å²) in [6.07, 6.45) is 0.620. The molecule has 2 heterocycles. The monoisotopic (exact) mass is 573 g/mol. The van der Waals surface area contributed by atoms with Crippen LogP contribution < -0.4 is 10.2 Å². The second kappa shape index (κ2) is 11.7. The third kappa shape index (κ3) is 7.62. The number of Topliss-reactive ketones (excluding diaryl/α,β-unsaturated/α-hetero) is 2. The summed E-state index contributed by atoms with van der Waals surface area (Å²) >= 11 is 1.04. The number of pyridine rings is 1. The summed E-state index contributed by atoms with van der Waals surface area (Å²) in [5.41, 5.74) is -1.09. The molecule has 1 N–H and O–H groups in total. The molecule has 2 aromatic rings. The average molecular weight is 574 g/mol. The van der Waals surface area contributed by atoms with Gasteiger partial charge in [-0.2, -0.15) is 4.90 Å². The first-order valence-corrected chi connectivity index (χ1v) is 13.6. The van der Waals surface area contributed by atoms with E-state index >= 15 is 0 Å². The van der Waals surface area contributed by atoms with E-state index in [1.54, 1.807) is 55.6 Å². The van der Waals surface area contributed by atoms with E-state index in [1.165, 1.54) is 23.2 Å². The van der Waals surface area contributed by atoms with Crippen molar-refractivity contribution in [2.45, 2.75) is 72.0 Å². The van der Waals surface area contributed by atoms with Gasteiger partial charge in [0, 0.05) is 25.9 Å². The number of nitrogens with one attached hydrogen (secondary N) is 1. The van der Waals surface area contributed by atoms with E-state index < -0.39 is 35.1 Å². The third-order valence-electron chi connectivity index (χ3n) is 5.49. The van der Waals surface area contributed by atoms with Crippen LogP contribution >= 0.6 is 11.3 Å². The third-order valence-corrected chi connectivity index (χ3v) is 6.52. The van der Waals surface area contributed by atoms with Crippen molar-refractivity contribution in [2.75, 3.05) is 24.3 Å². The van der Waals surface area contributed by atoms with Gasteiger partial charge in [-0.1, -0.05) is 11.3 Å². The van der Waals surface area contributed by atoms with Gasteiger partial charge in [-0.3, -0.25) is 14.9 Å². The zero-order valence-corrected chi connectivity index (χ0v) is 24.8. The Bertz CT molecular complexity index is 1280. The molecule has 0 saturated carbocycles. The molecule has 0 aromatic carbocycles. The number of fused-ring (bicyclic) bond motifs is 1. The van der Waals surface area contributed by atoms with Gasteiger partial charge < -0.3 is 14.4 Å². The second-order valence-electron chi connectivity index (χ2n) is 11.5. The van der Waals surface area contributed by atoms with Gasteiger partial charge in [0.2, 0.25) is 0 Å². The number of imide groups is 1. The second-order valence-corrected chi connectivity index (χ2v) is 12.5. The molecule has 0 radical (unpaired) electrons. The van der Waals surface area contributed by atoms with Crippen LogP contribution in [0.15, 0.2) is 18.3 Å². The van der Waals surface area contributed by atoms with Gasteiger partial charge in [0.1, 0.15) is 17.0 Å². The normalized spacial score (nSPS) is 15.4. The van der Waals surface area contributed by atoms with E-state index in [0.717, 1.165) is 11.3 Å². The molecular formula is C27H35N5O7S. The van der Waals surface area contributed by atoms with E-state index in [1.807, 2.05) is 0 Å². The molecule has 1 aliphatic carbocycles. The number of aromatic nitrogens is 2. The molecule has 1 aliphatic rings. The van der Waals surface area contributed by atoms with Gasteiger partial charge in [-0.15, -0.1) is 0 Å². The lowest BCUT2D eigenvalue weighted by molar-refractivity contribution is 0.0428. The molecule has 4 amide bonds. The molecule has 1 unspecified atom stereocenters. The Morgan fingerprint density at radius 3 is 2.10 bits per heavy atom. The van der Waals surface area contributed by atoms with Crippen molar-refractivity contribution < 1.29 is 33.4 Å². The van der Waals surface area contributed by atoms with Crippen LogP contribution in [0, 0.1) is 5.92 Å². The number of carbonyl (C=O) groups excluding carboxylic acids is 5. The standard InChI is InChI=1S/C27H35N5O7S/c1-26(2,3)38-24(36)32(25(37)39-27(4,5)6)18-13-12-15(14-28-18)19(33)16-10-9-11-17-21(20(16)34)40-22(29-17)30-23(35)31(7)8/h12-14,16H,9-11H2,1-8H3,(H,29,30,35). The number of thiazole rings is 1. The number of amides is 4. The van der Waals surface area contributed by atoms with E-state index in [9.17, 15) is 24.0 Å². The fraction of sp³-hybridized carbons (Fsp3) is 0.519. The molecule has 0 spiro atoms. The number of carbonyl (C=O) groups is 5. The largest absolute Gasteiger partial charge is 0.443 e. The Kier molecular flexibility index (Phi) is 8.97. The first-order valence-electron chi connectivity index (χ1n) is 12.8. The number of hydrogen-bond acceptors (Lipinski definition) is 10. The zero-order chi connectivity index (χ0) is 30.0. The highest BCUT2D eigenvalue weighted by Crippen LogP contribution is 2.33. The molecule has 216 valence electrons. The highest BCUT2D eigenvalue weighted by atomic mass is 32.1. The highest BCUT2D eigenvalue weighted by molar-refractivity contribution is 7.17. The molecule has 12 nitrogen and oxygen atoms in total. The lowest BCUT2D eigenvalue weighted by atomic mass is 9.91. The van der Waals surface area contributed by atoms with Crippen molar-refractivity contribution in [1.82, 2.24) is 14.9 Å². The summed E-state index contributed by atoms with van der Waals surface area (Å²) < 4.78 is 10.7. The summed E-state index contributed by atoms with van der Waals surface area (Å²) in [4.78, 5) is 75.5. The molecular weight excluding hydrogens is 538 g/mol. The van der Waals surface area contributed by atoms with Crippen molar-refractivity contribution in [2.24, 2.45) is 5.92 Å². The van der Waals surface area contributed by atoms with Crippen molar-refractivity contribution >= 4 is 52.1 Å². The number of urea groups is 1. The average Bonchev–Trinajstić information content (AvgIpc) is 3.15. The molecule has 13 heteroatoms. The molecule has 0 bridgehead atoms. The zero-order valence-electron chi connectivity index (χ0n) is 24.0. The van der Waals surface area contributed by atoms with Gasteiger partial charge in [-0.05, 0) is 72.9 Å². The Morgan fingerprint density at radius 1 is 1.00 bits per heavy atom. The molecule has 0 saturated heterocycles. The number of anilines is 2. The van der Waals surface area contributed by atoms with Crippen LogP contribution in [0.2, 0.25) is 0 Å². The number of ether oxygens (including phenoxy) is 2. The molecule has 40 heavy (non-hydrogen) atoms. The van der Waals surface area contributed by atoms with Crippen LogP contribution in [0.5, 0.6) is 0 Å². The predicted octanol–water partition coefficient (Wildman–Crippen LogP) is 5.33. The summed E-state index contributed by atoms with van der Waals surface area (Å²) in [7, 11) is 3.18. The molecule has 0 fully saturated rings. The number of ketones is 2. The minimum absolute atomic E-state index is 0.0988. The van der Waals surface area contributed by atoms with Crippen molar-refractivity contribution in [3.05, 3.63) is 34.5 Å². The maximum Gasteiger partial charge on any atom is 0.425 e. The number of nitrogens with zero attached hydrogens (tertiary/aromatic N) is 4. The number of rotatable bonds is 4. The summed E-state index contributed by atoms with van der Waals surface area (Å²) in [5, 5.41) is 2.94. The van der Waals surface area contributed by atoms with Crippen LogP contribution in [0.1, 0.15) is 80.1 Å². The van der Waals surface area contributed by atoms with Crippen molar-refractivity contribution in [1.29, 1.82) is 0 Å². The van der Waals surface area contributed by atoms with Gasteiger partial charge in [0.05, 0.1) is 16.5 Å². The number of hydrogen-bond donors (Lipinski definition) is 1. The van der Waals surface area contributed by atoms with Gasteiger partial charge in [0.15, 0.2) is 16.7 Å². The lowest BCUT2D eigenvalue weighted by Gasteiger charge is -2.28. The van der Waals surface area contributed by atoms with Crippen LogP contribution in [0.25, 0.3) is 0 Å². The molecule has 0 aliphatic heterocycles. The maximum atomic E-state index is 13.4. The van der Waals surface area contributed by atoms with Crippen LogP contribution in [0.4, 0.5) is 25.3 Å². The predicted molar refractivity (Wildman–Crippen MR) is 149 cm³/mol. The van der Waals surface area contributed by atoms with Crippen LogP contribution in [-0.4, -0.2) is 69.9 Å². The topological polar surface area (TPSA) is 148 Å². The summed E-state index contributed by atoms with van der Waals surface area (Å²) in [6, 6.07) is 2.36. The fourth-order valence-electron chi connectivity index (χ4n) is 3.73. The Balaban J connectivity index is 1.85. The van der Waals surface area contributed by atoms with Crippen LogP contribution in [-0.2, 0) is 15.9 Å². The minimum atomic E-state index is -0.984. The first kappa shape index (κ1) is 30.7. The smallest absolute Gasteiger partial charge is 0.425 e. The quantitative estimate of drug-likeness (QED) is 0.291. The first-order chi connectivity index (χ1) is 18.5. The molecule has 2 aromatic heterocycles. The Hall–Kier alpha value is -3.87. The fourth-order valence-corrected chi connectivity index (χ4v) is 4.72. The lowest BCUT2D eigenvalue weighted by Crippen LogP contribution is -2.44. The summed E-state index contributed by atoms with van der Waals surface area (Å²) in [6.45, 7) is 9.95. The maximum absolute atomic E-state index is 13.4.